The van der Waals surface area contributed by atoms with Crippen molar-refractivity contribution in [3.63, 3.8) is 0 Å². The molecule has 1 saturated carbocycles. The number of hydrogen-bond acceptors (Lipinski definition) is 1. The van der Waals surface area contributed by atoms with E-state index in [2.05, 4.69) is 29.2 Å². The molecule has 24 heavy (non-hydrogen) atoms. The van der Waals surface area contributed by atoms with Gasteiger partial charge >= 0.3 is 0 Å². The first kappa shape index (κ1) is 15.2. The molecule has 2 aliphatic rings. The molecular weight excluding hydrogens is 294 g/mol. The molecule has 0 radical (unpaired) electrons. The molecule has 1 aliphatic heterocycles. The standard InChI is InChI=1S/C22H23NO/c24-22(23-15-13-18(14-16-23)17-11-12-17)21(19-7-3-1-4-8-19)20-9-5-2-6-10-20/h1-10,21H,11-16H2. The fourth-order valence-corrected chi connectivity index (χ4v) is 3.72. The maximum atomic E-state index is 13.3. The lowest BCUT2D eigenvalue weighted by atomic mass is 9.89. The Balaban J connectivity index is 1.59. The Kier molecular flexibility index (Phi) is 4.20. The van der Waals surface area contributed by atoms with Gasteiger partial charge in [-0.1, -0.05) is 71.8 Å². The summed E-state index contributed by atoms with van der Waals surface area (Å²) in [5.74, 6) is 0.0507. The van der Waals surface area contributed by atoms with Gasteiger partial charge in [-0.2, -0.15) is 0 Å². The number of nitrogens with zero attached hydrogens (tertiary/aromatic N) is 1. The van der Waals surface area contributed by atoms with E-state index in [4.69, 9.17) is 0 Å². The Labute approximate surface area is 143 Å². The van der Waals surface area contributed by atoms with Gasteiger partial charge in [0.15, 0.2) is 0 Å². The summed E-state index contributed by atoms with van der Waals surface area (Å²) in [7, 11) is 0. The van der Waals surface area contributed by atoms with Gasteiger partial charge in [-0.25, -0.2) is 0 Å². The SMILES string of the molecule is O=C(C(c1ccccc1)c1ccccc1)N1CCC(=C2CC2)CC1. The summed E-state index contributed by atoms with van der Waals surface area (Å²) in [6, 6.07) is 20.3. The van der Waals surface area contributed by atoms with Crippen molar-refractivity contribution < 1.29 is 4.79 Å². The number of carbonyl (C=O) groups excluding carboxylic acids is 1. The summed E-state index contributed by atoms with van der Waals surface area (Å²) in [6.45, 7) is 1.74. The largest absolute Gasteiger partial charge is 0.341 e. The highest BCUT2D eigenvalue weighted by atomic mass is 16.2. The van der Waals surface area contributed by atoms with Gasteiger partial charge in [0.05, 0.1) is 5.92 Å². The van der Waals surface area contributed by atoms with Crippen LogP contribution in [0.5, 0.6) is 0 Å². The van der Waals surface area contributed by atoms with Crippen LogP contribution in [0.2, 0.25) is 0 Å². The van der Waals surface area contributed by atoms with Gasteiger partial charge in [0.2, 0.25) is 5.91 Å². The molecule has 0 unspecified atom stereocenters. The number of piperidine rings is 1. The van der Waals surface area contributed by atoms with Gasteiger partial charge in [0.1, 0.15) is 0 Å². The molecule has 1 saturated heterocycles. The minimum Gasteiger partial charge on any atom is -0.341 e. The second-order valence-electron chi connectivity index (χ2n) is 6.79. The predicted octanol–water partition coefficient (Wildman–Crippen LogP) is 4.53. The summed E-state index contributed by atoms with van der Waals surface area (Å²) >= 11 is 0. The molecule has 2 heteroatoms. The average molecular weight is 317 g/mol. The first-order chi connectivity index (χ1) is 11.8. The zero-order valence-electron chi connectivity index (χ0n) is 13.9. The molecular formula is C22H23NO. The minimum atomic E-state index is -0.192. The molecule has 2 nitrogen and oxygen atoms in total. The molecule has 0 atom stereocenters. The number of allylic oxidation sites excluding steroid dienone is 1. The van der Waals surface area contributed by atoms with Crippen LogP contribution < -0.4 is 0 Å². The van der Waals surface area contributed by atoms with Crippen molar-refractivity contribution in [1.29, 1.82) is 0 Å². The minimum absolute atomic E-state index is 0.192. The molecule has 4 rings (SSSR count). The summed E-state index contributed by atoms with van der Waals surface area (Å²) in [6.07, 6.45) is 4.72. The van der Waals surface area contributed by atoms with Crippen LogP contribution in [0.25, 0.3) is 0 Å². The Hall–Kier alpha value is -2.35. The van der Waals surface area contributed by atoms with E-state index < -0.39 is 0 Å². The Morgan fingerprint density at radius 2 is 1.17 bits per heavy atom. The summed E-state index contributed by atoms with van der Waals surface area (Å²) in [5.41, 5.74) is 5.44. The maximum absolute atomic E-state index is 13.3. The van der Waals surface area contributed by atoms with Crippen LogP contribution in [0.3, 0.4) is 0 Å². The molecule has 1 amide bonds. The summed E-state index contributed by atoms with van der Waals surface area (Å²) in [5, 5.41) is 0. The normalized spacial score (nSPS) is 17.3. The number of benzene rings is 2. The van der Waals surface area contributed by atoms with Gasteiger partial charge in [-0.15, -0.1) is 0 Å². The Bertz CT molecular complexity index is 693. The second-order valence-corrected chi connectivity index (χ2v) is 6.79. The third-order valence-electron chi connectivity index (χ3n) is 5.19. The lowest BCUT2D eigenvalue weighted by Gasteiger charge is -2.32. The zero-order chi connectivity index (χ0) is 16.4. The molecule has 2 aromatic carbocycles. The van der Waals surface area contributed by atoms with Crippen LogP contribution in [0.15, 0.2) is 71.8 Å². The van der Waals surface area contributed by atoms with Crippen molar-refractivity contribution in [3.8, 4) is 0 Å². The third-order valence-corrected chi connectivity index (χ3v) is 5.19. The highest BCUT2D eigenvalue weighted by molar-refractivity contribution is 5.87. The van der Waals surface area contributed by atoms with Gasteiger partial charge < -0.3 is 4.90 Å². The topological polar surface area (TPSA) is 20.3 Å². The number of rotatable bonds is 3. The summed E-state index contributed by atoms with van der Waals surface area (Å²) in [4.78, 5) is 15.4. The van der Waals surface area contributed by atoms with E-state index in [0.717, 1.165) is 37.1 Å². The molecule has 2 aromatic rings. The van der Waals surface area contributed by atoms with Crippen LogP contribution in [-0.4, -0.2) is 23.9 Å². The summed E-state index contributed by atoms with van der Waals surface area (Å²) < 4.78 is 0. The number of carbonyl (C=O) groups is 1. The van der Waals surface area contributed by atoms with E-state index in [1.54, 1.807) is 11.1 Å². The molecule has 122 valence electrons. The molecule has 2 fully saturated rings. The van der Waals surface area contributed by atoms with Crippen LogP contribution >= 0.6 is 0 Å². The number of amides is 1. The average Bonchev–Trinajstić information content (AvgIpc) is 3.49. The van der Waals surface area contributed by atoms with Crippen molar-refractivity contribution in [2.45, 2.75) is 31.6 Å². The van der Waals surface area contributed by atoms with Crippen LogP contribution in [0.4, 0.5) is 0 Å². The van der Waals surface area contributed by atoms with Crippen LogP contribution in [0.1, 0.15) is 42.7 Å². The van der Waals surface area contributed by atoms with Crippen molar-refractivity contribution in [3.05, 3.63) is 82.9 Å². The van der Waals surface area contributed by atoms with E-state index >= 15 is 0 Å². The molecule has 0 spiro atoms. The molecule has 0 aromatic heterocycles. The van der Waals surface area contributed by atoms with Gasteiger partial charge in [0.25, 0.3) is 0 Å². The lowest BCUT2D eigenvalue weighted by molar-refractivity contribution is -0.132. The molecule has 0 N–H and O–H groups in total. The van der Waals surface area contributed by atoms with E-state index in [0.29, 0.717) is 0 Å². The first-order valence-corrected chi connectivity index (χ1v) is 8.91. The molecule has 0 bridgehead atoms. The second kappa shape index (κ2) is 6.64. The smallest absolute Gasteiger partial charge is 0.234 e. The highest BCUT2D eigenvalue weighted by Crippen LogP contribution is 2.37. The van der Waals surface area contributed by atoms with E-state index in [1.165, 1.54) is 12.8 Å². The monoisotopic (exact) mass is 317 g/mol. The number of hydrogen-bond donors (Lipinski definition) is 0. The molecule has 1 aliphatic carbocycles. The van der Waals surface area contributed by atoms with E-state index in [-0.39, 0.29) is 11.8 Å². The first-order valence-electron chi connectivity index (χ1n) is 8.91. The van der Waals surface area contributed by atoms with Gasteiger partial charge in [-0.3, -0.25) is 4.79 Å². The fourth-order valence-electron chi connectivity index (χ4n) is 3.72. The Morgan fingerprint density at radius 1 is 0.708 bits per heavy atom. The van der Waals surface area contributed by atoms with Crippen molar-refractivity contribution in [1.82, 2.24) is 4.90 Å². The lowest BCUT2D eigenvalue weighted by Crippen LogP contribution is -2.39. The van der Waals surface area contributed by atoms with Crippen molar-refractivity contribution >= 4 is 5.91 Å². The Morgan fingerprint density at radius 3 is 1.62 bits per heavy atom. The number of likely N-dealkylation sites (tertiary alicyclic amines) is 1. The predicted molar refractivity (Wildman–Crippen MR) is 96.8 cm³/mol. The van der Waals surface area contributed by atoms with Crippen LogP contribution in [0, 0.1) is 0 Å². The highest BCUT2D eigenvalue weighted by Gasteiger charge is 2.30. The van der Waals surface area contributed by atoms with E-state index in [9.17, 15) is 4.79 Å². The maximum Gasteiger partial charge on any atom is 0.234 e. The van der Waals surface area contributed by atoms with Crippen LogP contribution in [-0.2, 0) is 4.79 Å². The third kappa shape index (κ3) is 3.14. The van der Waals surface area contributed by atoms with Gasteiger partial charge in [0, 0.05) is 13.1 Å². The van der Waals surface area contributed by atoms with Crippen molar-refractivity contribution in [2.24, 2.45) is 0 Å². The van der Waals surface area contributed by atoms with Gasteiger partial charge in [-0.05, 0) is 36.8 Å². The van der Waals surface area contributed by atoms with Crippen molar-refractivity contribution in [2.75, 3.05) is 13.1 Å². The quantitative estimate of drug-likeness (QED) is 0.762. The molecule has 1 heterocycles. The zero-order valence-corrected chi connectivity index (χ0v) is 13.9. The van der Waals surface area contributed by atoms with E-state index in [1.807, 2.05) is 36.4 Å². The fraction of sp³-hybridized carbons (Fsp3) is 0.318.